The zero-order valence-corrected chi connectivity index (χ0v) is 7.04. The first-order chi connectivity index (χ1) is 5.38. The van der Waals surface area contributed by atoms with Gasteiger partial charge in [-0.3, -0.25) is 0 Å². The number of anilines is 1. The van der Waals surface area contributed by atoms with Gasteiger partial charge in [0.25, 0.3) is 0 Å². The van der Waals surface area contributed by atoms with E-state index < -0.39 is 0 Å². The van der Waals surface area contributed by atoms with E-state index in [1.54, 1.807) is 6.20 Å². The lowest BCUT2D eigenvalue weighted by atomic mass is 10.4. The van der Waals surface area contributed by atoms with Crippen molar-refractivity contribution in [3.63, 3.8) is 0 Å². The maximum Gasteiger partial charge on any atom is 0.136 e. The number of pyridine rings is 1. The molecule has 0 saturated heterocycles. The van der Waals surface area contributed by atoms with Crippen molar-refractivity contribution < 1.29 is 0 Å². The van der Waals surface area contributed by atoms with Crippen molar-refractivity contribution >= 4 is 5.82 Å². The molecule has 0 N–H and O–H groups in total. The minimum Gasteiger partial charge on any atom is -0.357 e. The van der Waals surface area contributed by atoms with Gasteiger partial charge in [-0.2, -0.15) is 0 Å². The van der Waals surface area contributed by atoms with E-state index in [1.807, 2.05) is 12.1 Å². The topological polar surface area (TPSA) is 16.1 Å². The molecule has 0 fully saturated rings. The first-order valence-corrected chi connectivity index (χ1v) is 3.96. The molecule has 1 rings (SSSR count). The molecule has 2 heteroatoms. The maximum absolute atomic E-state index is 4.19. The van der Waals surface area contributed by atoms with Crippen LogP contribution in [0.25, 0.3) is 0 Å². The molecule has 0 amide bonds. The van der Waals surface area contributed by atoms with Crippen molar-refractivity contribution in [1.29, 1.82) is 0 Å². The Morgan fingerprint density at radius 1 is 1.45 bits per heavy atom. The number of nitrogens with zero attached hydrogens (tertiary/aromatic N) is 2. The standard InChI is InChI=1S/C9H13N2/c1-3-11(4-2)9-7-5-6-8-10-9/h5-6,8H,3-4H2,1-2H3. The van der Waals surface area contributed by atoms with E-state index in [0.717, 1.165) is 18.9 Å². The summed E-state index contributed by atoms with van der Waals surface area (Å²) in [5, 5.41) is 0. The van der Waals surface area contributed by atoms with Crippen molar-refractivity contribution in [1.82, 2.24) is 4.98 Å². The van der Waals surface area contributed by atoms with Gasteiger partial charge < -0.3 is 4.90 Å². The number of hydrogen-bond donors (Lipinski definition) is 0. The second-order valence-electron chi connectivity index (χ2n) is 2.28. The van der Waals surface area contributed by atoms with E-state index in [2.05, 4.69) is 29.8 Å². The predicted octanol–water partition coefficient (Wildman–Crippen LogP) is 1.73. The van der Waals surface area contributed by atoms with E-state index in [-0.39, 0.29) is 0 Å². The molecule has 0 aliphatic carbocycles. The van der Waals surface area contributed by atoms with Gasteiger partial charge in [0.05, 0.1) is 0 Å². The predicted molar refractivity (Wildman–Crippen MR) is 46.6 cm³/mol. The number of hydrogen-bond acceptors (Lipinski definition) is 2. The molecule has 1 aromatic heterocycles. The van der Waals surface area contributed by atoms with Crippen LogP contribution in [0.4, 0.5) is 5.82 Å². The first-order valence-electron chi connectivity index (χ1n) is 3.96. The Kier molecular flexibility index (Phi) is 2.90. The molecular formula is C9H13N2. The quantitative estimate of drug-likeness (QED) is 0.650. The van der Waals surface area contributed by atoms with Crippen LogP contribution in [0.2, 0.25) is 0 Å². The molecule has 0 atom stereocenters. The summed E-state index contributed by atoms with van der Waals surface area (Å²) in [6.45, 7) is 6.21. The molecule has 0 bridgehead atoms. The minimum absolute atomic E-state index is 0.942. The van der Waals surface area contributed by atoms with Crippen LogP contribution < -0.4 is 4.90 Å². The molecule has 1 radical (unpaired) electrons. The zero-order valence-electron chi connectivity index (χ0n) is 7.04. The van der Waals surface area contributed by atoms with Gasteiger partial charge in [0.15, 0.2) is 0 Å². The van der Waals surface area contributed by atoms with Crippen molar-refractivity contribution in [2.75, 3.05) is 18.0 Å². The van der Waals surface area contributed by atoms with Crippen LogP contribution >= 0.6 is 0 Å². The van der Waals surface area contributed by atoms with Crippen LogP contribution in [0.15, 0.2) is 18.3 Å². The fourth-order valence-corrected chi connectivity index (χ4v) is 1.01. The highest BCUT2D eigenvalue weighted by Crippen LogP contribution is 2.06. The Balaban J connectivity index is 2.74. The third kappa shape index (κ3) is 1.93. The van der Waals surface area contributed by atoms with Gasteiger partial charge in [-0.1, -0.05) is 0 Å². The van der Waals surface area contributed by atoms with Crippen LogP contribution in [0.1, 0.15) is 13.8 Å². The van der Waals surface area contributed by atoms with Gasteiger partial charge in [-0.25, -0.2) is 4.98 Å². The fraction of sp³-hybridized carbons (Fsp3) is 0.444. The molecule has 0 unspecified atom stereocenters. The Hall–Kier alpha value is -1.05. The molecule has 0 aliphatic heterocycles. The summed E-state index contributed by atoms with van der Waals surface area (Å²) in [5.74, 6) is 0.942. The van der Waals surface area contributed by atoms with Gasteiger partial charge in [-0.05, 0) is 26.0 Å². The van der Waals surface area contributed by atoms with Crippen LogP contribution in [-0.2, 0) is 0 Å². The van der Waals surface area contributed by atoms with Crippen molar-refractivity contribution in [2.24, 2.45) is 0 Å². The van der Waals surface area contributed by atoms with Crippen molar-refractivity contribution in [3.8, 4) is 0 Å². The summed E-state index contributed by atoms with van der Waals surface area (Å²) in [4.78, 5) is 6.36. The van der Waals surface area contributed by atoms with Crippen molar-refractivity contribution in [2.45, 2.75) is 13.8 Å². The Morgan fingerprint density at radius 3 is 2.64 bits per heavy atom. The summed E-state index contributed by atoms with van der Waals surface area (Å²) in [6.07, 6.45) is 1.80. The second kappa shape index (κ2) is 3.96. The summed E-state index contributed by atoms with van der Waals surface area (Å²) in [6, 6.07) is 6.86. The normalized spacial score (nSPS) is 9.64. The summed E-state index contributed by atoms with van der Waals surface area (Å²) < 4.78 is 0. The van der Waals surface area contributed by atoms with E-state index in [4.69, 9.17) is 0 Å². The van der Waals surface area contributed by atoms with Crippen LogP contribution in [-0.4, -0.2) is 18.1 Å². The second-order valence-corrected chi connectivity index (χ2v) is 2.28. The van der Waals surface area contributed by atoms with Gasteiger partial charge >= 0.3 is 0 Å². The van der Waals surface area contributed by atoms with Gasteiger partial charge in [0.2, 0.25) is 0 Å². The highest BCUT2D eigenvalue weighted by atomic mass is 15.2. The molecule has 2 nitrogen and oxygen atoms in total. The summed E-state index contributed by atoms with van der Waals surface area (Å²) in [7, 11) is 0. The summed E-state index contributed by atoms with van der Waals surface area (Å²) in [5.41, 5.74) is 0. The highest BCUT2D eigenvalue weighted by Gasteiger charge is 1.99. The van der Waals surface area contributed by atoms with Gasteiger partial charge in [0.1, 0.15) is 5.82 Å². The number of rotatable bonds is 3. The Bertz CT molecular complexity index is 192. The van der Waals surface area contributed by atoms with E-state index >= 15 is 0 Å². The zero-order chi connectivity index (χ0) is 8.10. The Labute approximate surface area is 67.9 Å². The minimum atomic E-state index is 0.942. The molecule has 1 aromatic rings. The lowest BCUT2D eigenvalue weighted by Gasteiger charge is -2.18. The monoisotopic (exact) mass is 149 g/mol. The molecule has 1 heterocycles. The third-order valence-corrected chi connectivity index (χ3v) is 1.65. The molecule has 0 aliphatic rings. The average Bonchev–Trinajstić information content (AvgIpc) is 2.09. The van der Waals surface area contributed by atoms with Gasteiger partial charge in [0, 0.05) is 25.4 Å². The maximum atomic E-state index is 4.19. The smallest absolute Gasteiger partial charge is 0.136 e. The molecule has 0 saturated carbocycles. The van der Waals surface area contributed by atoms with Crippen molar-refractivity contribution in [3.05, 3.63) is 24.4 Å². The molecule has 59 valence electrons. The van der Waals surface area contributed by atoms with E-state index in [1.165, 1.54) is 0 Å². The number of aromatic nitrogens is 1. The van der Waals surface area contributed by atoms with E-state index in [9.17, 15) is 0 Å². The summed E-state index contributed by atoms with van der Waals surface area (Å²) >= 11 is 0. The molecule has 0 spiro atoms. The molecule has 0 aromatic carbocycles. The largest absolute Gasteiger partial charge is 0.357 e. The Morgan fingerprint density at radius 2 is 2.18 bits per heavy atom. The highest BCUT2D eigenvalue weighted by molar-refractivity contribution is 5.35. The average molecular weight is 149 g/mol. The van der Waals surface area contributed by atoms with E-state index in [0.29, 0.717) is 0 Å². The lowest BCUT2D eigenvalue weighted by molar-refractivity contribution is 0.845. The fourth-order valence-electron chi connectivity index (χ4n) is 1.01. The van der Waals surface area contributed by atoms with Gasteiger partial charge in [-0.15, -0.1) is 0 Å². The van der Waals surface area contributed by atoms with Crippen LogP contribution in [0, 0.1) is 6.07 Å². The van der Waals surface area contributed by atoms with Crippen LogP contribution in [0.5, 0.6) is 0 Å². The first kappa shape index (κ1) is 8.05. The molecule has 11 heavy (non-hydrogen) atoms. The molecular weight excluding hydrogens is 136 g/mol. The lowest BCUT2D eigenvalue weighted by Crippen LogP contribution is -2.22. The third-order valence-electron chi connectivity index (χ3n) is 1.65. The SMILES string of the molecule is CCN(CC)c1[c]cccn1. The van der Waals surface area contributed by atoms with Crippen LogP contribution in [0.3, 0.4) is 0 Å².